The molecule has 0 fully saturated rings. The maximum Gasteiger partial charge on any atom is 0.387 e. The summed E-state index contributed by atoms with van der Waals surface area (Å²) in [6.07, 6.45) is -0.292. The van der Waals surface area contributed by atoms with Gasteiger partial charge in [0.25, 0.3) is 17.0 Å². The monoisotopic (exact) mass is 953 g/mol. The topological polar surface area (TPSA) is 209 Å². The molecule has 22 heteroatoms. The number of amides is 1. The highest BCUT2D eigenvalue weighted by Gasteiger charge is 2.25. The van der Waals surface area contributed by atoms with E-state index >= 15 is 0 Å². The fourth-order valence-electron chi connectivity index (χ4n) is 6.23. The molecule has 67 heavy (non-hydrogen) atoms. The molecular weight excluding hydrogens is 909 g/mol. The van der Waals surface area contributed by atoms with Crippen LogP contribution in [0.3, 0.4) is 0 Å². The van der Waals surface area contributed by atoms with Gasteiger partial charge >= 0.3 is 26.8 Å². The van der Waals surface area contributed by atoms with Crippen molar-refractivity contribution in [3.8, 4) is 45.5 Å². The molecule has 17 nitrogen and oxygen atoms in total. The van der Waals surface area contributed by atoms with Gasteiger partial charge in [0, 0.05) is 28.8 Å². The van der Waals surface area contributed by atoms with Crippen LogP contribution in [0.25, 0.3) is 22.5 Å². The molecule has 6 rings (SSSR count). The molecule has 0 aliphatic heterocycles. The van der Waals surface area contributed by atoms with E-state index in [1.165, 1.54) is 79.6 Å². The zero-order valence-electron chi connectivity index (χ0n) is 36.3. The Kier molecular flexibility index (Phi) is 17.9. The van der Waals surface area contributed by atoms with Crippen molar-refractivity contribution in [2.45, 2.75) is 40.2 Å². The molecule has 6 aromatic rings. The number of hydrogen-bond acceptors (Lipinski definition) is 13. The van der Waals surface area contributed by atoms with Gasteiger partial charge in [-0.3, -0.25) is 18.9 Å². The average Bonchev–Trinajstić information content (AvgIpc) is 3.30. The molecule has 2 heterocycles. The highest BCUT2D eigenvalue weighted by atomic mass is 31.2. The van der Waals surface area contributed by atoms with E-state index in [2.05, 4.69) is 25.0 Å². The van der Waals surface area contributed by atoms with Gasteiger partial charge in [0.1, 0.15) is 6.29 Å². The molecule has 4 aromatic carbocycles. The largest absolute Gasteiger partial charge is 0.493 e. The number of carboxylic acid groups (broad SMARTS) is 1. The van der Waals surface area contributed by atoms with Crippen LogP contribution in [0.2, 0.25) is 0 Å². The third kappa shape index (κ3) is 14.3. The lowest BCUT2D eigenvalue weighted by molar-refractivity contribution is -0.0518. The van der Waals surface area contributed by atoms with Gasteiger partial charge in [-0.25, -0.2) is 14.2 Å². The molecule has 0 unspecified atom stereocenters. The van der Waals surface area contributed by atoms with Crippen LogP contribution in [0, 0.1) is 0 Å². The molecule has 0 aliphatic rings. The van der Waals surface area contributed by atoms with Crippen molar-refractivity contribution < 1.29 is 64.8 Å². The predicted octanol–water partition coefficient (Wildman–Crippen LogP) is 7.79. The molecule has 354 valence electrons. The molecular formula is C45H44F4N5O12P. The Morgan fingerprint density at radius 3 is 1.51 bits per heavy atom. The molecule has 0 saturated heterocycles. The normalized spacial score (nSPS) is 11.1. The summed E-state index contributed by atoms with van der Waals surface area (Å²) in [5.74, 6) is -1.65. The van der Waals surface area contributed by atoms with E-state index in [0.29, 0.717) is 33.6 Å². The molecule has 2 N–H and O–H groups in total. The average molecular weight is 954 g/mol. The van der Waals surface area contributed by atoms with Crippen LogP contribution >= 0.6 is 7.60 Å². The number of carbonyl (C=O) groups is 2. The summed E-state index contributed by atoms with van der Waals surface area (Å²) in [4.78, 5) is 48.5. The highest BCUT2D eigenvalue weighted by Crippen LogP contribution is 2.46. The van der Waals surface area contributed by atoms with Gasteiger partial charge in [-0.2, -0.15) is 27.8 Å². The quantitative estimate of drug-likeness (QED) is 0.0553. The lowest BCUT2D eigenvalue weighted by Crippen LogP contribution is -2.26. The van der Waals surface area contributed by atoms with Crippen molar-refractivity contribution in [2.75, 3.05) is 33.7 Å². The molecule has 0 bridgehead atoms. The Morgan fingerprint density at radius 2 is 1.09 bits per heavy atom. The first kappa shape index (κ1) is 50.6. The fourth-order valence-corrected chi connectivity index (χ4v) is 7.61. The van der Waals surface area contributed by atoms with Gasteiger partial charge in [-0.05, 0) is 97.8 Å². The summed E-state index contributed by atoms with van der Waals surface area (Å²) in [6, 6.07) is 27.0. The number of ether oxygens (including phenoxy) is 4. The number of carbonyl (C=O) groups excluding carboxylic acids is 1. The number of rotatable bonds is 20. The summed E-state index contributed by atoms with van der Waals surface area (Å²) in [5, 5.41) is 20.3. The standard InChI is InChI=1S/C25H28F2N3O7P.C20H16F2N2O5/c1-4-35-38(33,36-5-2)16-28-24(32)19-8-6-7-17(13-19)15-30-23(31)12-10-20(29-30)18-9-11-21(34-3)22(14-18)37-25(26)27;1-28-16-7-5-13(10-17(16)29-20(21)22)15-6-8-18(25)24(23-15)11-12-3-2-4-14(9-12)19(26)27/h6-14,25H,4-5,15-16H2,1-3H3,(H,28,32);2-10,20H,11H2,1H3,(H,26,27). The molecule has 0 spiro atoms. The number of aromatic nitrogens is 4. The minimum absolute atomic E-state index is 0.0285. The summed E-state index contributed by atoms with van der Waals surface area (Å²) in [7, 11) is -0.804. The first-order chi connectivity index (χ1) is 32.0. The van der Waals surface area contributed by atoms with Crippen LogP contribution in [-0.2, 0) is 26.7 Å². The van der Waals surface area contributed by atoms with Gasteiger partial charge in [0.15, 0.2) is 23.0 Å². The number of hydrogen-bond donors (Lipinski definition) is 2. The molecule has 2 aromatic heterocycles. The van der Waals surface area contributed by atoms with Crippen LogP contribution in [0.4, 0.5) is 17.6 Å². The van der Waals surface area contributed by atoms with Gasteiger partial charge < -0.3 is 38.4 Å². The molecule has 0 aliphatic carbocycles. The highest BCUT2D eigenvalue weighted by molar-refractivity contribution is 7.53. The van der Waals surface area contributed by atoms with Crippen molar-refractivity contribution in [1.82, 2.24) is 24.9 Å². The van der Waals surface area contributed by atoms with Gasteiger partial charge in [-0.15, -0.1) is 0 Å². The maximum absolute atomic E-state index is 12.8. The minimum Gasteiger partial charge on any atom is -0.493 e. The van der Waals surface area contributed by atoms with E-state index < -0.39 is 43.8 Å². The van der Waals surface area contributed by atoms with Crippen molar-refractivity contribution in [3.63, 3.8) is 0 Å². The van der Waals surface area contributed by atoms with E-state index in [-0.39, 0.29) is 66.7 Å². The number of carboxylic acids is 1. The second-order valence-corrected chi connectivity index (χ2v) is 15.8. The first-order valence-electron chi connectivity index (χ1n) is 20.1. The Labute approximate surface area is 379 Å². The van der Waals surface area contributed by atoms with Crippen molar-refractivity contribution in [3.05, 3.63) is 152 Å². The van der Waals surface area contributed by atoms with Gasteiger partial charge in [-0.1, -0.05) is 24.3 Å². The number of methoxy groups -OCH3 is 2. The summed E-state index contributed by atoms with van der Waals surface area (Å²) in [5.41, 5.74) is 2.29. The lowest BCUT2D eigenvalue weighted by atomic mass is 10.1. The number of benzene rings is 4. The summed E-state index contributed by atoms with van der Waals surface area (Å²) >= 11 is 0. The number of aromatic carboxylic acids is 1. The van der Waals surface area contributed by atoms with Crippen molar-refractivity contribution >= 4 is 19.5 Å². The molecule has 0 radical (unpaired) electrons. The summed E-state index contributed by atoms with van der Waals surface area (Å²) in [6.45, 7) is -2.32. The summed E-state index contributed by atoms with van der Waals surface area (Å²) < 4.78 is 95.2. The number of nitrogens with zero attached hydrogens (tertiary/aromatic N) is 4. The first-order valence-corrected chi connectivity index (χ1v) is 21.8. The Hall–Kier alpha value is -7.35. The van der Waals surface area contributed by atoms with Crippen LogP contribution in [-0.4, -0.2) is 83.5 Å². The number of nitrogens with one attached hydrogen (secondary N) is 1. The Balaban J connectivity index is 0.000000260. The van der Waals surface area contributed by atoms with Gasteiger partial charge in [0.05, 0.1) is 57.5 Å². The van der Waals surface area contributed by atoms with Crippen molar-refractivity contribution in [1.29, 1.82) is 0 Å². The van der Waals surface area contributed by atoms with E-state index in [9.17, 15) is 41.3 Å². The van der Waals surface area contributed by atoms with E-state index in [0.717, 1.165) is 4.68 Å². The van der Waals surface area contributed by atoms with Gasteiger partial charge in [0.2, 0.25) is 0 Å². The third-order valence-corrected chi connectivity index (χ3v) is 11.0. The van der Waals surface area contributed by atoms with Crippen LogP contribution in [0.15, 0.2) is 119 Å². The third-order valence-electron chi connectivity index (χ3n) is 9.20. The smallest absolute Gasteiger partial charge is 0.387 e. The van der Waals surface area contributed by atoms with Crippen LogP contribution in [0.5, 0.6) is 23.0 Å². The SMILES string of the molecule is CCOP(=O)(CNC(=O)c1cccc(Cn2nc(-c3ccc(OC)c(OC(F)F)c3)ccc2=O)c1)OCC.COc1ccc(-c2ccc(=O)n(Cc3cccc(C(=O)O)c3)n2)cc1OC(F)F. The second kappa shape index (κ2) is 23.7. The molecule has 1 amide bonds. The maximum atomic E-state index is 12.8. The van der Waals surface area contributed by atoms with E-state index in [1.54, 1.807) is 62.4 Å². The van der Waals surface area contributed by atoms with Crippen LogP contribution < -0.4 is 35.4 Å². The predicted molar refractivity (Wildman–Crippen MR) is 235 cm³/mol. The Bertz CT molecular complexity index is 2830. The van der Waals surface area contributed by atoms with E-state index in [4.69, 9.17) is 23.6 Å². The zero-order valence-corrected chi connectivity index (χ0v) is 37.2. The van der Waals surface area contributed by atoms with Crippen LogP contribution in [0.1, 0.15) is 45.7 Å². The zero-order chi connectivity index (χ0) is 48.7. The van der Waals surface area contributed by atoms with Crippen molar-refractivity contribution in [2.24, 2.45) is 0 Å². The Morgan fingerprint density at radius 1 is 0.642 bits per heavy atom. The minimum atomic E-state index is -3.46. The number of alkyl halides is 4. The second-order valence-electron chi connectivity index (χ2n) is 13.7. The molecule has 0 atom stereocenters. The lowest BCUT2D eigenvalue weighted by Gasteiger charge is -2.17. The molecule has 0 saturated carbocycles. The van der Waals surface area contributed by atoms with E-state index in [1.807, 2.05) is 0 Å². The fraction of sp³-hybridized carbons (Fsp3) is 0.244. The number of halogens is 4.